The van der Waals surface area contributed by atoms with Gasteiger partial charge in [0.2, 0.25) is 0 Å². The molecule has 2 rings (SSSR count). The summed E-state index contributed by atoms with van der Waals surface area (Å²) in [6.07, 6.45) is 0. The zero-order chi connectivity index (χ0) is 15.1. The normalized spacial score (nSPS) is 15.0. The maximum Gasteiger partial charge on any atom is 0.491 e. The van der Waals surface area contributed by atoms with Gasteiger partial charge in [0.25, 0.3) is 5.91 Å². The van der Waals surface area contributed by atoms with Crippen LogP contribution in [0.3, 0.4) is 0 Å². The molecule has 0 aromatic heterocycles. The third-order valence-corrected chi connectivity index (χ3v) is 3.98. The number of aliphatic hydroxyl groups is 1. The summed E-state index contributed by atoms with van der Waals surface area (Å²) in [6, 6.07) is 5.09. The fourth-order valence-corrected chi connectivity index (χ4v) is 1.90. The lowest BCUT2D eigenvalue weighted by Crippen LogP contribution is -2.53. The molecular formula is C14H20BNO4. The van der Waals surface area contributed by atoms with Gasteiger partial charge in [-0.05, 0) is 44.8 Å². The number of nitrogens with one attached hydrogen (secondary N) is 1. The van der Waals surface area contributed by atoms with Crippen molar-refractivity contribution in [3.05, 3.63) is 29.3 Å². The maximum absolute atomic E-state index is 11.5. The summed E-state index contributed by atoms with van der Waals surface area (Å²) in [4.78, 5) is 11.5. The number of carbonyl (C=O) groups excluding carboxylic acids is 1. The second-order valence-corrected chi connectivity index (χ2v) is 6.14. The molecule has 108 valence electrons. The maximum atomic E-state index is 11.5. The molecule has 1 aromatic carbocycles. The first kappa shape index (κ1) is 15.0. The van der Waals surface area contributed by atoms with E-state index in [0.717, 1.165) is 5.56 Å². The molecule has 0 atom stereocenters. The van der Waals surface area contributed by atoms with Crippen LogP contribution in [0.25, 0.3) is 0 Å². The Balaban J connectivity index is 2.19. The number of fused-ring (bicyclic) bond motifs is 1. The average molecular weight is 277 g/mol. The molecule has 20 heavy (non-hydrogen) atoms. The number of hydrogen-bond donors (Lipinski definition) is 3. The highest BCUT2D eigenvalue weighted by molar-refractivity contribution is 6.60. The number of carbonyl (C=O) groups is 1. The van der Waals surface area contributed by atoms with Crippen molar-refractivity contribution in [3.8, 4) is 0 Å². The molecule has 3 N–H and O–H groups in total. The Morgan fingerprint density at radius 3 is 2.55 bits per heavy atom. The minimum atomic E-state index is -1.16. The second-order valence-electron chi connectivity index (χ2n) is 6.14. The monoisotopic (exact) mass is 277 g/mol. The van der Waals surface area contributed by atoms with E-state index in [4.69, 9.17) is 4.65 Å². The van der Waals surface area contributed by atoms with Gasteiger partial charge in [-0.25, -0.2) is 0 Å². The lowest BCUT2D eigenvalue weighted by Gasteiger charge is -2.38. The molecule has 5 nitrogen and oxygen atoms in total. The van der Waals surface area contributed by atoms with Crippen LogP contribution in [0.1, 0.15) is 43.6 Å². The fraction of sp³-hybridized carbons (Fsp3) is 0.500. The number of hydrogen-bond acceptors (Lipinski definition) is 4. The molecule has 6 heteroatoms. The van der Waals surface area contributed by atoms with Gasteiger partial charge in [0.1, 0.15) is 0 Å². The highest BCUT2D eigenvalue weighted by Crippen LogP contribution is 2.25. The van der Waals surface area contributed by atoms with Gasteiger partial charge < -0.3 is 20.1 Å². The summed E-state index contributed by atoms with van der Waals surface area (Å²) >= 11 is 0. The third kappa shape index (κ3) is 2.72. The quantitative estimate of drug-likeness (QED) is 0.686. The molecule has 1 aliphatic heterocycles. The van der Waals surface area contributed by atoms with Gasteiger partial charge >= 0.3 is 7.12 Å². The second kappa shape index (κ2) is 4.88. The zero-order valence-corrected chi connectivity index (χ0v) is 12.2. The van der Waals surface area contributed by atoms with Crippen LogP contribution < -0.4 is 10.8 Å². The minimum absolute atomic E-state index is 0.0984. The van der Waals surface area contributed by atoms with Gasteiger partial charge in [0.05, 0.1) is 11.2 Å². The van der Waals surface area contributed by atoms with E-state index in [1.807, 2.05) is 0 Å². The Kier molecular flexibility index (Phi) is 3.66. The van der Waals surface area contributed by atoms with E-state index in [9.17, 15) is 14.9 Å². The van der Waals surface area contributed by atoms with E-state index in [1.165, 1.54) is 0 Å². The number of benzene rings is 1. The van der Waals surface area contributed by atoms with Gasteiger partial charge in [-0.2, -0.15) is 0 Å². The van der Waals surface area contributed by atoms with Gasteiger partial charge in [0.15, 0.2) is 0 Å². The number of amides is 1. The van der Waals surface area contributed by atoms with Crippen molar-refractivity contribution < 1.29 is 19.6 Å². The standard InChI is InChI=1S/C14H20BNO4/c1-13(2,18)14(3,4)20-15(19)10-5-6-11-9(7-10)8-16-12(11)17/h5-7,18-19H,8H2,1-4H3,(H,16,17). The van der Waals surface area contributed by atoms with Crippen molar-refractivity contribution in [2.45, 2.75) is 45.4 Å². The van der Waals surface area contributed by atoms with E-state index in [1.54, 1.807) is 45.9 Å². The van der Waals surface area contributed by atoms with Crippen LogP contribution >= 0.6 is 0 Å². The third-order valence-electron chi connectivity index (χ3n) is 3.98. The predicted molar refractivity (Wildman–Crippen MR) is 76.7 cm³/mol. The molecule has 1 aromatic rings. The molecule has 0 saturated heterocycles. The molecule has 0 spiro atoms. The molecule has 1 amide bonds. The first-order valence-electron chi connectivity index (χ1n) is 6.61. The summed E-state index contributed by atoms with van der Waals surface area (Å²) in [5.41, 5.74) is 0.0262. The van der Waals surface area contributed by atoms with Gasteiger partial charge in [0, 0.05) is 12.1 Å². The highest BCUT2D eigenvalue weighted by atomic mass is 16.5. The lowest BCUT2D eigenvalue weighted by molar-refractivity contribution is -0.0982. The SMILES string of the molecule is CC(C)(O)C(C)(C)OB(O)c1ccc2c(c1)CNC2=O. The lowest BCUT2D eigenvalue weighted by atomic mass is 9.75. The Morgan fingerprint density at radius 1 is 1.30 bits per heavy atom. The first-order valence-corrected chi connectivity index (χ1v) is 6.61. The van der Waals surface area contributed by atoms with Crippen LogP contribution in [0.4, 0.5) is 0 Å². The fourth-order valence-electron chi connectivity index (χ4n) is 1.90. The minimum Gasteiger partial charge on any atom is -0.423 e. The molecule has 0 bridgehead atoms. The Labute approximate surface area is 119 Å². The summed E-state index contributed by atoms with van der Waals surface area (Å²) in [6.45, 7) is 7.16. The molecule has 1 heterocycles. The van der Waals surface area contributed by atoms with E-state index in [-0.39, 0.29) is 5.91 Å². The Bertz CT molecular complexity index is 536. The molecule has 0 aliphatic carbocycles. The summed E-state index contributed by atoms with van der Waals surface area (Å²) in [5, 5.41) is 22.9. The summed E-state index contributed by atoms with van der Waals surface area (Å²) < 4.78 is 5.58. The van der Waals surface area contributed by atoms with E-state index in [2.05, 4.69) is 5.32 Å². The molecule has 0 fully saturated rings. The Hall–Kier alpha value is -1.37. The van der Waals surface area contributed by atoms with Crippen LogP contribution in [0.5, 0.6) is 0 Å². The first-order chi connectivity index (χ1) is 9.12. The number of rotatable bonds is 4. The van der Waals surface area contributed by atoms with Crippen molar-refractivity contribution in [1.82, 2.24) is 5.32 Å². The van der Waals surface area contributed by atoms with Crippen LogP contribution in [0.15, 0.2) is 18.2 Å². The zero-order valence-electron chi connectivity index (χ0n) is 12.2. The summed E-state index contributed by atoms with van der Waals surface area (Å²) in [7, 11) is -1.16. The van der Waals surface area contributed by atoms with Crippen LogP contribution in [0.2, 0.25) is 0 Å². The molecular weight excluding hydrogens is 257 g/mol. The van der Waals surface area contributed by atoms with Crippen molar-refractivity contribution in [2.75, 3.05) is 0 Å². The average Bonchev–Trinajstić information content (AvgIpc) is 2.68. The Morgan fingerprint density at radius 2 is 1.95 bits per heavy atom. The smallest absolute Gasteiger partial charge is 0.423 e. The van der Waals surface area contributed by atoms with Crippen molar-refractivity contribution in [2.24, 2.45) is 0 Å². The predicted octanol–water partition coefficient (Wildman–Crippen LogP) is 0.184. The molecule has 1 aliphatic rings. The topological polar surface area (TPSA) is 78.8 Å². The van der Waals surface area contributed by atoms with Crippen molar-refractivity contribution in [1.29, 1.82) is 0 Å². The van der Waals surface area contributed by atoms with E-state index < -0.39 is 18.3 Å². The summed E-state index contributed by atoms with van der Waals surface area (Å²) in [5.74, 6) is -0.0984. The van der Waals surface area contributed by atoms with Gasteiger partial charge in [-0.15, -0.1) is 0 Å². The van der Waals surface area contributed by atoms with E-state index >= 15 is 0 Å². The van der Waals surface area contributed by atoms with Crippen LogP contribution in [0, 0.1) is 0 Å². The van der Waals surface area contributed by atoms with E-state index in [0.29, 0.717) is 17.6 Å². The largest absolute Gasteiger partial charge is 0.491 e. The van der Waals surface area contributed by atoms with Crippen LogP contribution in [-0.2, 0) is 11.2 Å². The molecule has 0 saturated carbocycles. The molecule has 0 radical (unpaired) electrons. The van der Waals surface area contributed by atoms with Gasteiger partial charge in [-0.1, -0.05) is 12.1 Å². The van der Waals surface area contributed by atoms with Crippen molar-refractivity contribution >= 4 is 18.5 Å². The van der Waals surface area contributed by atoms with Gasteiger partial charge in [-0.3, -0.25) is 4.79 Å². The molecule has 0 unspecified atom stereocenters. The van der Waals surface area contributed by atoms with Crippen molar-refractivity contribution in [3.63, 3.8) is 0 Å². The van der Waals surface area contributed by atoms with Crippen LogP contribution in [-0.4, -0.2) is 34.4 Å². The highest BCUT2D eigenvalue weighted by Gasteiger charge is 2.39.